The van der Waals surface area contributed by atoms with Gasteiger partial charge in [-0.2, -0.15) is 0 Å². The molecule has 22 heavy (non-hydrogen) atoms. The van der Waals surface area contributed by atoms with Crippen LogP contribution in [0.3, 0.4) is 0 Å². The van der Waals surface area contributed by atoms with Crippen molar-refractivity contribution >= 4 is 28.7 Å². The van der Waals surface area contributed by atoms with E-state index in [9.17, 15) is 4.79 Å². The van der Waals surface area contributed by atoms with Gasteiger partial charge < -0.3 is 10.3 Å². The molecule has 0 spiro atoms. The van der Waals surface area contributed by atoms with Crippen LogP contribution < -0.4 is 5.32 Å². The van der Waals surface area contributed by atoms with Crippen molar-refractivity contribution in [2.24, 2.45) is 4.99 Å². The highest BCUT2D eigenvalue weighted by molar-refractivity contribution is 6.19. The molecule has 4 nitrogen and oxygen atoms in total. The van der Waals surface area contributed by atoms with E-state index in [1.807, 2.05) is 60.7 Å². The van der Waals surface area contributed by atoms with Gasteiger partial charge in [-0.25, -0.2) is 4.99 Å². The molecule has 1 aliphatic rings. The van der Waals surface area contributed by atoms with Gasteiger partial charge in [-0.05, 0) is 23.6 Å². The maximum Gasteiger partial charge on any atom is 0.275 e. The number of amidine groups is 1. The van der Waals surface area contributed by atoms with E-state index in [4.69, 9.17) is 0 Å². The Labute approximate surface area is 127 Å². The lowest BCUT2D eigenvalue weighted by molar-refractivity contribution is -0.115. The second-order valence-electron chi connectivity index (χ2n) is 5.12. The minimum Gasteiger partial charge on any atom is -0.355 e. The SMILES string of the molecule is O=C1NC(c2ccccc2)=N/C1=C\c1cc2ccccc2[nH]1. The van der Waals surface area contributed by atoms with E-state index in [1.54, 1.807) is 6.08 Å². The van der Waals surface area contributed by atoms with Gasteiger partial charge in [0.1, 0.15) is 11.5 Å². The van der Waals surface area contributed by atoms with Crippen LogP contribution in [-0.2, 0) is 4.79 Å². The van der Waals surface area contributed by atoms with E-state index in [0.29, 0.717) is 11.5 Å². The lowest BCUT2D eigenvalue weighted by atomic mass is 10.2. The number of para-hydroxylation sites is 1. The number of H-pyrrole nitrogens is 1. The Morgan fingerprint density at radius 1 is 0.955 bits per heavy atom. The number of aromatic nitrogens is 1. The zero-order chi connectivity index (χ0) is 14.9. The normalized spacial score (nSPS) is 16.1. The minimum atomic E-state index is -0.183. The number of benzene rings is 2. The van der Waals surface area contributed by atoms with Crippen LogP contribution in [-0.4, -0.2) is 16.7 Å². The molecule has 106 valence electrons. The second kappa shape index (κ2) is 5.00. The number of amides is 1. The molecule has 1 aliphatic heterocycles. The Bertz CT molecular complexity index is 887. The van der Waals surface area contributed by atoms with Gasteiger partial charge in [-0.3, -0.25) is 4.79 Å². The van der Waals surface area contributed by atoms with E-state index in [1.165, 1.54) is 0 Å². The number of carbonyl (C=O) groups is 1. The average molecular weight is 287 g/mol. The van der Waals surface area contributed by atoms with E-state index >= 15 is 0 Å². The molecule has 1 aromatic heterocycles. The standard InChI is InChI=1S/C18H13N3O/c22-18-16(20-17(21-18)12-6-2-1-3-7-12)11-14-10-13-8-4-5-9-15(13)19-14/h1-11,19H,(H,20,21,22)/b16-11-. The molecule has 0 saturated heterocycles. The van der Waals surface area contributed by atoms with Gasteiger partial charge in [0.25, 0.3) is 5.91 Å². The summed E-state index contributed by atoms with van der Waals surface area (Å²) in [5.41, 5.74) is 3.21. The van der Waals surface area contributed by atoms with Gasteiger partial charge in [0.05, 0.1) is 0 Å². The Hall–Kier alpha value is -3.14. The van der Waals surface area contributed by atoms with E-state index in [2.05, 4.69) is 15.3 Å². The Morgan fingerprint density at radius 3 is 2.55 bits per heavy atom. The third-order valence-corrected chi connectivity index (χ3v) is 3.59. The van der Waals surface area contributed by atoms with Gasteiger partial charge in [0, 0.05) is 16.8 Å². The maximum absolute atomic E-state index is 12.1. The van der Waals surface area contributed by atoms with Crippen molar-refractivity contribution in [2.45, 2.75) is 0 Å². The van der Waals surface area contributed by atoms with E-state index in [0.717, 1.165) is 22.2 Å². The van der Waals surface area contributed by atoms with Crippen LogP contribution in [0.2, 0.25) is 0 Å². The summed E-state index contributed by atoms with van der Waals surface area (Å²) in [6, 6.07) is 19.6. The van der Waals surface area contributed by atoms with Gasteiger partial charge in [0.2, 0.25) is 0 Å². The van der Waals surface area contributed by atoms with E-state index in [-0.39, 0.29) is 5.91 Å². The van der Waals surface area contributed by atoms with Crippen LogP contribution >= 0.6 is 0 Å². The molecular weight excluding hydrogens is 274 g/mol. The van der Waals surface area contributed by atoms with Crippen molar-refractivity contribution in [3.8, 4) is 0 Å². The van der Waals surface area contributed by atoms with Crippen LogP contribution in [0.25, 0.3) is 17.0 Å². The largest absolute Gasteiger partial charge is 0.355 e. The highest BCUT2D eigenvalue weighted by Gasteiger charge is 2.21. The zero-order valence-corrected chi connectivity index (χ0v) is 11.7. The lowest BCUT2D eigenvalue weighted by Crippen LogP contribution is -2.24. The Morgan fingerprint density at radius 2 is 1.73 bits per heavy atom. The second-order valence-corrected chi connectivity index (χ2v) is 5.12. The number of aliphatic imine (C=N–C) groups is 1. The van der Waals surface area contributed by atoms with Crippen LogP contribution in [0.1, 0.15) is 11.3 Å². The van der Waals surface area contributed by atoms with Gasteiger partial charge in [-0.15, -0.1) is 0 Å². The van der Waals surface area contributed by atoms with Crippen molar-refractivity contribution in [1.29, 1.82) is 0 Å². The number of fused-ring (bicyclic) bond motifs is 1. The first kappa shape index (κ1) is 12.6. The van der Waals surface area contributed by atoms with Gasteiger partial charge in [0.15, 0.2) is 0 Å². The number of nitrogens with zero attached hydrogens (tertiary/aromatic N) is 1. The highest BCUT2D eigenvalue weighted by Crippen LogP contribution is 2.19. The molecule has 4 rings (SSSR count). The predicted octanol–water partition coefficient (Wildman–Crippen LogP) is 3.09. The van der Waals surface area contributed by atoms with Gasteiger partial charge in [-0.1, -0.05) is 48.5 Å². The summed E-state index contributed by atoms with van der Waals surface area (Å²) in [7, 11) is 0. The summed E-state index contributed by atoms with van der Waals surface area (Å²) in [6.07, 6.45) is 1.77. The van der Waals surface area contributed by atoms with Crippen molar-refractivity contribution in [3.05, 3.63) is 77.6 Å². The molecule has 0 unspecified atom stereocenters. The minimum absolute atomic E-state index is 0.183. The maximum atomic E-state index is 12.1. The number of carbonyl (C=O) groups excluding carboxylic acids is 1. The summed E-state index contributed by atoms with van der Waals surface area (Å²) in [6.45, 7) is 0. The number of hydrogen-bond acceptors (Lipinski definition) is 2. The Balaban J connectivity index is 1.72. The van der Waals surface area contributed by atoms with Crippen LogP contribution in [0.5, 0.6) is 0 Å². The first-order chi connectivity index (χ1) is 10.8. The summed E-state index contributed by atoms with van der Waals surface area (Å²) < 4.78 is 0. The summed E-state index contributed by atoms with van der Waals surface area (Å²) >= 11 is 0. The average Bonchev–Trinajstić information content (AvgIpc) is 3.12. The fraction of sp³-hybridized carbons (Fsp3) is 0. The molecule has 0 atom stereocenters. The molecule has 4 heteroatoms. The van der Waals surface area contributed by atoms with Crippen LogP contribution in [0.4, 0.5) is 0 Å². The third kappa shape index (κ3) is 2.20. The number of aromatic amines is 1. The fourth-order valence-corrected chi connectivity index (χ4v) is 2.52. The predicted molar refractivity (Wildman–Crippen MR) is 87.4 cm³/mol. The highest BCUT2D eigenvalue weighted by atomic mass is 16.2. The molecule has 2 heterocycles. The summed E-state index contributed by atoms with van der Waals surface area (Å²) in [5.74, 6) is 0.408. The quantitative estimate of drug-likeness (QED) is 0.699. The molecule has 0 fully saturated rings. The third-order valence-electron chi connectivity index (χ3n) is 3.59. The lowest BCUT2D eigenvalue weighted by Gasteiger charge is -1.98. The molecule has 2 N–H and O–H groups in total. The molecule has 1 amide bonds. The first-order valence-electron chi connectivity index (χ1n) is 7.04. The Kier molecular flexibility index (Phi) is 2.86. The van der Waals surface area contributed by atoms with Crippen molar-refractivity contribution in [2.75, 3.05) is 0 Å². The topological polar surface area (TPSA) is 57.2 Å². The van der Waals surface area contributed by atoms with Crippen LogP contribution in [0.15, 0.2) is 71.4 Å². The summed E-state index contributed by atoms with van der Waals surface area (Å²) in [5, 5.41) is 3.91. The van der Waals surface area contributed by atoms with Crippen molar-refractivity contribution < 1.29 is 4.79 Å². The fourth-order valence-electron chi connectivity index (χ4n) is 2.52. The first-order valence-corrected chi connectivity index (χ1v) is 7.04. The molecule has 0 aliphatic carbocycles. The van der Waals surface area contributed by atoms with Crippen molar-refractivity contribution in [1.82, 2.24) is 10.3 Å². The molecule has 3 aromatic rings. The summed E-state index contributed by atoms with van der Waals surface area (Å²) in [4.78, 5) is 19.7. The molecular formula is C18H13N3O. The van der Waals surface area contributed by atoms with Gasteiger partial charge >= 0.3 is 0 Å². The number of rotatable bonds is 2. The monoisotopic (exact) mass is 287 g/mol. The molecule has 0 radical (unpaired) electrons. The molecule has 2 aromatic carbocycles. The van der Waals surface area contributed by atoms with Crippen LogP contribution in [0, 0.1) is 0 Å². The smallest absolute Gasteiger partial charge is 0.275 e. The molecule has 0 saturated carbocycles. The number of hydrogen-bond donors (Lipinski definition) is 2. The number of nitrogens with one attached hydrogen (secondary N) is 2. The van der Waals surface area contributed by atoms with E-state index < -0.39 is 0 Å². The molecule has 0 bridgehead atoms. The zero-order valence-electron chi connectivity index (χ0n) is 11.7. The van der Waals surface area contributed by atoms with Crippen molar-refractivity contribution in [3.63, 3.8) is 0 Å².